The van der Waals surface area contributed by atoms with Gasteiger partial charge in [0.05, 0.1) is 0 Å². The van der Waals surface area contributed by atoms with Gasteiger partial charge in [0.1, 0.15) is 23.8 Å². The topological polar surface area (TPSA) is 74.0 Å². The van der Waals surface area contributed by atoms with Crippen LogP contribution in [0.3, 0.4) is 0 Å². The van der Waals surface area contributed by atoms with Crippen LogP contribution in [0.5, 0.6) is 0 Å². The van der Waals surface area contributed by atoms with Crippen molar-refractivity contribution in [3.8, 4) is 0 Å². The Labute approximate surface area is 93.1 Å². The number of nitrogens with one attached hydrogen (secondary N) is 1. The number of rotatable bonds is 3. The largest absolute Gasteiger partial charge is 0.294 e. The molecule has 0 bridgehead atoms. The highest BCUT2D eigenvalue weighted by atomic mass is 32.2. The second kappa shape index (κ2) is 4.07. The van der Waals surface area contributed by atoms with Crippen LogP contribution in [0.25, 0.3) is 0 Å². The molecule has 84 valence electrons. The minimum atomic E-state index is -4.16. The number of imidazole rings is 1. The summed E-state index contributed by atoms with van der Waals surface area (Å²) in [5.41, 5.74) is 0.551. The molecule has 1 aromatic carbocycles. The summed E-state index contributed by atoms with van der Waals surface area (Å²) < 4.78 is 33.1. The molecule has 0 fully saturated rings. The quantitative estimate of drug-likeness (QED) is 0.608. The molecule has 16 heavy (non-hydrogen) atoms. The van der Waals surface area contributed by atoms with Gasteiger partial charge < -0.3 is 0 Å². The lowest BCUT2D eigenvalue weighted by molar-refractivity contribution is -0.687. The molecule has 0 saturated carbocycles. The lowest BCUT2D eigenvalue weighted by Gasteiger charge is -2.03. The zero-order valence-electron chi connectivity index (χ0n) is 8.37. The smallest absolute Gasteiger partial charge is 0.282 e. The summed E-state index contributed by atoms with van der Waals surface area (Å²) in [5, 5.41) is 0. The van der Waals surface area contributed by atoms with E-state index in [4.69, 9.17) is 4.55 Å². The number of hydrogen-bond acceptors (Lipinski definition) is 2. The monoisotopic (exact) mass is 239 g/mol. The molecule has 0 aliphatic heterocycles. The van der Waals surface area contributed by atoms with E-state index in [-0.39, 0.29) is 4.90 Å². The van der Waals surface area contributed by atoms with Gasteiger partial charge in [-0.05, 0) is 6.07 Å². The van der Waals surface area contributed by atoms with E-state index in [9.17, 15) is 8.42 Å². The van der Waals surface area contributed by atoms with Crippen LogP contribution in [0.4, 0.5) is 0 Å². The van der Waals surface area contributed by atoms with E-state index in [0.717, 1.165) is 0 Å². The highest BCUT2D eigenvalue weighted by Gasteiger charge is 2.15. The van der Waals surface area contributed by atoms with Crippen molar-refractivity contribution in [2.75, 3.05) is 0 Å². The maximum absolute atomic E-state index is 11.1. The summed E-state index contributed by atoms with van der Waals surface area (Å²) in [6.07, 6.45) is 5.22. The number of H-pyrrole nitrogens is 1. The maximum atomic E-state index is 11.1. The summed E-state index contributed by atoms with van der Waals surface area (Å²) in [4.78, 5) is 2.81. The molecule has 0 atom stereocenters. The number of benzene rings is 1. The van der Waals surface area contributed by atoms with E-state index < -0.39 is 10.1 Å². The van der Waals surface area contributed by atoms with Gasteiger partial charge in [0.2, 0.25) is 6.33 Å². The summed E-state index contributed by atoms with van der Waals surface area (Å²) in [5.74, 6) is 0. The van der Waals surface area contributed by atoms with Crippen LogP contribution in [-0.2, 0) is 16.7 Å². The van der Waals surface area contributed by atoms with Crippen molar-refractivity contribution < 1.29 is 17.5 Å². The van der Waals surface area contributed by atoms with Gasteiger partial charge in [-0.25, -0.2) is 4.57 Å². The highest BCUT2D eigenvalue weighted by molar-refractivity contribution is 7.85. The maximum Gasteiger partial charge on any atom is 0.294 e. The first-order chi connectivity index (χ1) is 7.57. The van der Waals surface area contributed by atoms with Crippen molar-refractivity contribution in [3.05, 3.63) is 48.5 Å². The molecule has 2 N–H and O–H groups in total. The Morgan fingerprint density at radius 2 is 2.06 bits per heavy atom. The van der Waals surface area contributed by atoms with E-state index in [1.807, 2.05) is 0 Å². The van der Waals surface area contributed by atoms with E-state index in [2.05, 4.69) is 4.98 Å². The zero-order valence-corrected chi connectivity index (χ0v) is 9.18. The third-order valence-electron chi connectivity index (χ3n) is 2.21. The highest BCUT2D eigenvalue weighted by Crippen LogP contribution is 2.14. The summed E-state index contributed by atoms with van der Waals surface area (Å²) in [6.45, 7) is 0.388. The normalized spacial score (nSPS) is 11.6. The fourth-order valence-electron chi connectivity index (χ4n) is 1.50. The molecule has 1 heterocycles. The molecule has 2 aromatic rings. The number of hydrogen-bond donors (Lipinski definition) is 2. The van der Waals surface area contributed by atoms with Gasteiger partial charge in [-0.2, -0.15) is 8.42 Å². The van der Waals surface area contributed by atoms with Crippen molar-refractivity contribution in [3.63, 3.8) is 0 Å². The van der Waals surface area contributed by atoms with Gasteiger partial charge in [0.25, 0.3) is 10.1 Å². The molecule has 0 radical (unpaired) electrons. The third kappa shape index (κ3) is 2.29. The molecule has 5 nitrogen and oxygen atoms in total. The third-order valence-corrected chi connectivity index (χ3v) is 3.16. The van der Waals surface area contributed by atoms with Gasteiger partial charge in [0.15, 0.2) is 0 Å². The molecular formula is C10H11N2O3S+. The van der Waals surface area contributed by atoms with Crippen LogP contribution >= 0.6 is 0 Å². The van der Waals surface area contributed by atoms with E-state index in [1.54, 1.807) is 41.5 Å². The fraction of sp³-hybridized carbons (Fsp3) is 0.100. The van der Waals surface area contributed by atoms with E-state index >= 15 is 0 Å². The predicted octanol–water partition coefficient (Wildman–Crippen LogP) is 0.597. The number of nitrogens with zero attached hydrogens (tertiary/aromatic N) is 1. The van der Waals surface area contributed by atoms with Crippen molar-refractivity contribution in [2.24, 2.45) is 0 Å². The lowest BCUT2D eigenvalue weighted by Crippen LogP contribution is -2.31. The van der Waals surface area contributed by atoms with Gasteiger partial charge >= 0.3 is 0 Å². The Hall–Kier alpha value is -1.66. The van der Waals surface area contributed by atoms with Crippen LogP contribution in [0.1, 0.15) is 5.56 Å². The Morgan fingerprint density at radius 3 is 2.69 bits per heavy atom. The first-order valence-corrected chi connectivity index (χ1v) is 6.08. The molecular weight excluding hydrogens is 228 g/mol. The van der Waals surface area contributed by atoms with Crippen molar-refractivity contribution >= 4 is 10.1 Å². The molecule has 6 heteroatoms. The molecule has 0 aliphatic rings. The van der Waals surface area contributed by atoms with Gasteiger partial charge in [0, 0.05) is 5.56 Å². The van der Waals surface area contributed by atoms with E-state index in [0.29, 0.717) is 12.1 Å². The average molecular weight is 239 g/mol. The summed E-state index contributed by atoms with van der Waals surface area (Å²) >= 11 is 0. The molecule has 1 aromatic heterocycles. The second-order valence-electron chi connectivity index (χ2n) is 3.37. The SMILES string of the molecule is O=S(=O)(O)c1ccccc1C[n+]1cc[nH]c1. The standard InChI is InChI=1S/C10H10N2O3S/c13-16(14,15)10-4-2-1-3-9(10)7-12-6-5-11-8-12/h1-6,8H,7H2,(H,13,14,15)/p+1. The van der Waals surface area contributed by atoms with Gasteiger partial charge in [-0.1, -0.05) is 18.2 Å². The second-order valence-corrected chi connectivity index (χ2v) is 4.76. The molecule has 0 amide bonds. The lowest BCUT2D eigenvalue weighted by atomic mass is 10.2. The molecule has 0 aliphatic carbocycles. The average Bonchev–Trinajstić information content (AvgIpc) is 2.70. The zero-order chi connectivity index (χ0) is 11.6. The van der Waals surface area contributed by atoms with Gasteiger partial charge in [-0.3, -0.25) is 9.54 Å². The van der Waals surface area contributed by atoms with Crippen molar-refractivity contribution in [1.29, 1.82) is 0 Å². The first-order valence-electron chi connectivity index (χ1n) is 4.64. The number of aromatic amines is 1. The van der Waals surface area contributed by atoms with Crippen LogP contribution in [0, 0.1) is 0 Å². The molecule has 0 spiro atoms. The molecule has 0 saturated heterocycles. The Bertz CT molecular complexity index is 576. The minimum Gasteiger partial charge on any atom is -0.282 e. The molecule has 2 rings (SSSR count). The Morgan fingerprint density at radius 1 is 1.31 bits per heavy atom. The predicted molar refractivity (Wildman–Crippen MR) is 56.3 cm³/mol. The fourth-order valence-corrected chi connectivity index (χ4v) is 2.22. The minimum absolute atomic E-state index is 0.0521. The van der Waals surface area contributed by atoms with Crippen LogP contribution < -0.4 is 4.57 Å². The van der Waals surface area contributed by atoms with E-state index in [1.165, 1.54) is 6.07 Å². The van der Waals surface area contributed by atoms with Crippen LogP contribution in [-0.4, -0.2) is 18.0 Å². The number of aromatic nitrogens is 2. The molecule has 0 unspecified atom stereocenters. The van der Waals surface area contributed by atoms with Gasteiger partial charge in [-0.15, -0.1) is 0 Å². The van der Waals surface area contributed by atoms with Crippen molar-refractivity contribution in [2.45, 2.75) is 11.4 Å². The van der Waals surface area contributed by atoms with Crippen molar-refractivity contribution in [1.82, 2.24) is 4.98 Å². The Kier molecular flexibility index (Phi) is 2.76. The first kappa shape index (κ1) is 10.8. The van der Waals surface area contributed by atoms with Crippen LogP contribution in [0.2, 0.25) is 0 Å². The summed E-state index contributed by atoms with van der Waals surface area (Å²) in [7, 11) is -4.16. The summed E-state index contributed by atoms with van der Waals surface area (Å²) in [6, 6.07) is 6.37. The Balaban J connectivity index is 2.42. The van der Waals surface area contributed by atoms with Crippen LogP contribution in [0.15, 0.2) is 47.9 Å².